The van der Waals surface area contributed by atoms with Crippen molar-refractivity contribution in [2.45, 2.75) is 13.3 Å². The largest absolute Gasteiger partial charge is 0.0883 e. The Morgan fingerprint density at radius 2 is 2.12 bits per heavy atom. The first-order valence-electron chi connectivity index (χ1n) is 2.65. The Morgan fingerprint density at radius 1 is 1.50 bits per heavy atom. The third-order valence-corrected chi connectivity index (χ3v) is 2.04. The molecule has 0 radical (unpaired) electrons. The molecule has 0 aromatic carbocycles. The first-order chi connectivity index (χ1) is 3.85. The third-order valence-electron chi connectivity index (χ3n) is 0.992. The lowest BCUT2D eigenvalue weighted by Crippen LogP contribution is -1.80. The highest BCUT2D eigenvalue weighted by Gasteiger charge is 1.86. The normalized spacial score (nSPS) is 12.1. The van der Waals surface area contributed by atoms with Gasteiger partial charge >= 0.3 is 0 Å². The highest BCUT2D eigenvalue weighted by Crippen LogP contribution is 2.04. The Bertz CT molecular complexity index is 70.6. The quantitative estimate of drug-likeness (QED) is 0.526. The van der Waals surface area contributed by atoms with E-state index < -0.39 is 0 Å². The molecule has 0 aromatic rings. The molecule has 0 nitrogen and oxygen atoms in total. The van der Waals surface area contributed by atoms with Crippen molar-refractivity contribution < 1.29 is 0 Å². The molecule has 0 bridgehead atoms. The first-order valence-corrected chi connectivity index (χ1v) is 4.89. The fourth-order valence-electron chi connectivity index (χ4n) is 0.402. The van der Waals surface area contributed by atoms with E-state index in [1.807, 2.05) is 0 Å². The SMILES string of the molecule is CC/C(=C/CBr)CBr. The van der Waals surface area contributed by atoms with Crippen LogP contribution in [0.25, 0.3) is 0 Å². The maximum Gasteiger partial charge on any atom is 0.0242 e. The molecule has 0 unspecified atom stereocenters. The summed E-state index contributed by atoms with van der Waals surface area (Å²) in [6, 6.07) is 0. The zero-order chi connectivity index (χ0) is 6.41. The van der Waals surface area contributed by atoms with E-state index in [0.29, 0.717) is 0 Å². The van der Waals surface area contributed by atoms with Crippen molar-refractivity contribution in [1.82, 2.24) is 0 Å². The Balaban J connectivity index is 3.49. The molecule has 2 heteroatoms. The molecule has 0 N–H and O–H groups in total. The molecule has 8 heavy (non-hydrogen) atoms. The van der Waals surface area contributed by atoms with Crippen LogP contribution in [0.5, 0.6) is 0 Å². The van der Waals surface area contributed by atoms with Crippen LogP contribution in [0.1, 0.15) is 13.3 Å². The highest BCUT2D eigenvalue weighted by molar-refractivity contribution is 9.09. The van der Waals surface area contributed by atoms with Crippen LogP contribution in [-0.4, -0.2) is 10.7 Å². The van der Waals surface area contributed by atoms with Gasteiger partial charge in [0.2, 0.25) is 0 Å². The number of hydrogen-bond acceptors (Lipinski definition) is 0. The van der Waals surface area contributed by atoms with Gasteiger partial charge in [-0.25, -0.2) is 0 Å². The van der Waals surface area contributed by atoms with Crippen LogP contribution in [0.3, 0.4) is 0 Å². The molecule has 0 amide bonds. The Labute approximate surface area is 67.6 Å². The topological polar surface area (TPSA) is 0 Å². The summed E-state index contributed by atoms with van der Waals surface area (Å²) in [6.07, 6.45) is 3.34. The summed E-state index contributed by atoms with van der Waals surface area (Å²) in [5, 5.41) is 1.98. The predicted octanol–water partition coefficient (Wildman–Crippen LogP) is 3.11. The van der Waals surface area contributed by atoms with Gasteiger partial charge in [0, 0.05) is 10.7 Å². The maximum absolute atomic E-state index is 3.39. The molecule has 0 spiro atoms. The molecule has 0 atom stereocenters. The van der Waals surface area contributed by atoms with E-state index in [1.165, 1.54) is 5.57 Å². The molecule has 0 aliphatic heterocycles. The smallest absolute Gasteiger partial charge is 0.0242 e. The molecule has 0 fully saturated rings. The van der Waals surface area contributed by atoms with Gasteiger partial charge in [0.1, 0.15) is 0 Å². The molecule has 0 saturated carbocycles. The lowest BCUT2D eigenvalue weighted by atomic mass is 10.2. The highest BCUT2D eigenvalue weighted by atomic mass is 79.9. The molecular formula is C6H10Br2. The van der Waals surface area contributed by atoms with E-state index in [-0.39, 0.29) is 0 Å². The molecule has 0 aromatic heterocycles. The van der Waals surface area contributed by atoms with Crippen LogP contribution in [0.4, 0.5) is 0 Å². The van der Waals surface area contributed by atoms with Crippen molar-refractivity contribution in [3.05, 3.63) is 11.6 Å². The van der Waals surface area contributed by atoms with Gasteiger partial charge in [-0.1, -0.05) is 50.4 Å². The van der Waals surface area contributed by atoms with Crippen molar-refractivity contribution in [3.63, 3.8) is 0 Å². The molecule has 48 valence electrons. The van der Waals surface area contributed by atoms with Crippen molar-refractivity contribution in [1.29, 1.82) is 0 Å². The van der Waals surface area contributed by atoms with E-state index in [0.717, 1.165) is 17.1 Å². The van der Waals surface area contributed by atoms with Gasteiger partial charge in [-0.2, -0.15) is 0 Å². The molecule has 0 rings (SSSR count). The van der Waals surface area contributed by atoms with Crippen LogP contribution in [-0.2, 0) is 0 Å². The zero-order valence-electron chi connectivity index (χ0n) is 4.95. The van der Waals surface area contributed by atoms with Gasteiger partial charge in [0.15, 0.2) is 0 Å². The van der Waals surface area contributed by atoms with Crippen LogP contribution >= 0.6 is 31.9 Å². The fraction of sp³-hybridized carbons (Fsp3) is 0.667. The molecular weight excluding hydrogens is 232 g/mol. The standard InChI is InChI=1S/C6H10Br2/c1-2-6(5-8)3-4-7/h3H,2,4-5H2,1H3/b6-3-. The average Bonchev–Trinajstić information content (AvgIpc) is 1.83. The number of alkyl halides is 2. The van der Waals surface area contributed by atoms with Crippen molar-refractivity contribution in [2.24, 2.45) is 0 Å². The minimum absolute atomic E-state index is 0.974. The van der Waals surface area contributed by atoms with Crippen LogP contribution < -0.4 is 0 Å². The van der Waals surface area contributed by atoms with Gasteiger partial charge in [-0.3, -0.25) is 0 Å². The molecule has 0 aliphatic rings. The third kappa shape index (κ3) is 3.67. The summed E-state index contributed by atoms with van der Waals surface area (Å²) in [7, 11) is 0. The monoisotopic (exact) mass is 240 g/mol. The van der Waals surface area contributed by atoms with Gasteiger partial charge < -0.3 is 0 Å². The summed E-state index contributed by atoms with van der Waals surface area (Å²) in [5.74, 6) is 0. The van der Waals surface area contributed by atoms with E-state index in [2.05, 4.69) is 44.9 Å². The van der Waals surface area contributed by atoms with E-state index in [9.17, 15) is 0 Å². The van der Waals surface area contributed by atoms with E-state index in [4.69, 9.17) is 0 Å². The molecule has 0 aliphatic carbocycles. The van der Waals surface area contributed by atoms with Gasteiger partial charge in [0.25, 0.3) is 0 Å². The number of halogens is 2. The Morgan fingerprint density at radius 3 is 2.25 bits per heavy atom. The van der Waals surface area contributed by atoms with Crippen LogP contribution in [0.15, 0.2) is 11.6 Å². The Hall–Kier alpha value is 0.700. The summed E-state index contributed by atoms with van der Waals surface area (Å²) >= 11 is 6.72. The summed E-state index contributed by atoms with van der Waals surface area (Å²) in [5.41, 5.74) is 1.46. The minimum atomic E-state index is 0.974. The van der Waals surface area contributed by atoms with Crippen LogP contribution in [0.2, 0.25) is 0 Å². The zero-order valence-corrected chi connectivity index (χ0v) is 8.13. The summed E-state index contributed by atoms with van der Waals surface area (Å²) in [6.45, 7) is 2.16. The second-order valence-electron chi connectivity index (χ2n) is 1.50. The average molecular weight is 242 g/mol. The second-order valence-corrected chi connectivity index (χ2v) is 2.71. The van der Waals surface area contributed by atoms with Crippen molar-refractivity contribution in [3.8, 4) is 0 Å². The van der Waals surface area contributed by atoms with E-state index in [1.54, 1.807) is 0 Å². The number of rotatable bonds is 3. The summed E-state index contributed by atoms with van der Waals surface area (Å²) in [4.78, 5) is 0. The lowest BCUT2D eigenvalue weighted by molar-refractivity contribution is 1.11. The van der Waals surface area contributed by atoms with Gasteiger partial charge in [0.05, 0.1) is 0 Å². The van der Waals surface area contributed by atoms with Crippen molar-refractivity contribution in [2.75, 3.05) is 10.7 Å². The van der Waals surface area contributed by atoms with Gasteiger partial charge in [-0.05, 0) is 6.42 Å². The maximum atomic E-state index is 3.39. The number of allylic oxidation sites excluding steroid dienone is 2. The molecule has 0 heterocycles. The second kappa shape index (κ2) is 5.83. The minimum Gasteiger partial charge on any atom is -0.0883 e. The first kappa shape index (κ1) is 8.70. The van der Waals surface area contributed by atoms with Crippen molar-refractivity contribution >= 4 is 31.9 Å². The number of hydrogen-bond donors (Lipinski definition) is 0. The fourth-order valence-corrected chi connectivity index (χ4v) is 1.49. The lowest BCUT2D eigenvalue weighted by Gasteiger charge is -1.93. The van der Waals surface area contributed by atoms with Crippen LogP contribution in [0, 0.1) is 0 Å². The van der Waals surface area contributed by atoms with Gasteiger partial charge in [-0.15, -0.1) is 0 Å². The van der Waals surface area contributed by atoms with E-state index >= 15 is 0 Å². The summed E-state index contributed by atoms with van der Waals surface area (Å²) < 4.78 is 0. The Kier molecular flexibility index (Phi) is 6.34. The predicted molar refractivity (Wildman–Crippen MR) is 46.0 cm³/mol. The molecule has 0 saturated heterocycles.